The van der Waals surface area contributed by atoms with Crippen molar-refractivity contribution in [2.24, 2.45) is 0 Å². The van der Waals surface area contributed by atoms with Crippen LogP contribution < -0.4 is 0 Å². The molecule has 0 fully saturated rings. The van der Waals surface area contributed by atoms with Crippen molar-refractivity contribution in [3.05, 3.63) is 24.3 Å². The van der Waals surface area contributed by atoms with Crippen LogP contribution in [-0.2, 0) is 32.7 Å². The van der Waals surface area contributed by atoms with Crippen LogP contribution in [0, 0.1) is 0 Å². The van der Waals surface area contributed by atoms with Gasteiger partial charge in [0.25, 0.3) is 0 Å². The zero-order valence-electron chi connectivity index (χ0n) is 32.9. The van der Waals surface area contributed by atoms with E-state index >= 15 is 0 Å². The molecule has 9 nitrogen and oxygen atoms in total. The molecule has 0 saturated carbocycles. The normalized spacial score (nSPS) is 14.0. The number of phosphoric ester groups is 1. The van der Waals surface area contributed by atoms with Gasteiger partial charge in [-0.3, -0.25) is 18.6 Å². The van der Waals surface area contributed by atoms with Crippen LogP contribution in [0.5, 0.6) is 0 Å². The summed E-state index contributed by atoms with van der Waals surface area (Å²) in [5.41, 5.74) is 0. The minimum Gasteiger partial charge on any atom is -0.462 e. The molecule has 2 unspecified atom stereocenters. The second-order valence-electron chi connectivity index (χ2n) is 14.7. The Morgan fingerprint density at radius 1 is 0.620 bits per heavy atom. The van der Waals surface area contributed by atoms with E-state index in [1.807, 2.05) is 21.1 Å². The van der Waals surface area contributed by atoms with E-state index < -0.39 is 26.5 Å². The van der Waals surface area contributed by atoms with E-state index in [0.717, 1.165) is 64.2 Å². The SMILES string of the molecule is CCC/C=C\C/C=C\CCCCCCCC(=O)OC(COC(=O)CCCCCCCCCCCCCCC)COP(=O)(O)OCC[N+](C)(C)C. The highest BCUT2D eigenvalue weighted by molar-refractivity contribution is 7.47. The van der Waals surface area contributed by atoms with Crippen molar-refractivity contribution in [2.75, 3.05) is 47.5 Å². The van der Waals surface area contributed by atoms with E-state index in [2.05, 4.69) is 38.2 Å². The zero-order valence-corrected chi connectivity index (χ0v) is 33.8. The van der Waals surface area contributed by atoms with Gasteiger partial charge in [0, 0.05) is 12.8 Å². The molecule has 50 heavy (non-hydrogen) atoms. The lowest BCUT2D eigenvalue weighted by molar-refractivity contribution is -0.870. The van der Waals surface area contributed by atoms with Crippen LogP contribution in [0.3, 0.4) is 0 Å². The average Bonchev–Trinajstić information content (AvgIpc) is 3.06. The van der Waals surface area contributed by atoms with Gasteiger partial charge in [-0.1, -0.05) is 141 Å². The number of nitrogens with zero attached hydrogens (tertiary/aromatic N) is 1. The fraction of sp³-hybridized carbons (Fsp3) is 0.850. The van der Waals surface area contributed by atoms with Gasteiger partial charge in [-0.2, -0.15) is 0 Å². The van der Waals surface area contributed by atoms with Crippen molar-refractivity contribution in [1.82, 2.24) is 0 Å². The van der Waals surface area contributed by atoms with Crippen LogP contribution in [0.15, 0.2) is 24.3 Å². The first-order chi connectivity index (χ1) is 24.0. The van der Waals surface area contributed by atoms with E-state index in [0.29, 0.717) is 17.4 Å². The Morgan fingerprint density at radius 3 is 1.66 bits per heavy atom. The largest absolute Gasteiger partial charge is 0.472 e. The Labute approximate surface area is 307 Å². The number of rotatable bonds is 36. The van der Waals surface area contributed by atoms with Gasteiger partial charge in [0.05, 0.1) is 27.7 Å². The Kier molecular flexibility index (Phi) is 32.3. The maximum absolute atomic E-state index is 12.6. The third kappa shape index (κ3) is 36.3. The Hall–Kier alpha value is -1.51. The molecular weight excluding hydrogens is 653 g/mol. The molecule has 294 valence electrons. The summed E-state index contributed by atoms with van der Waals surface area (Å²) in [6, 6.07) is 0. The molecule has 10 heteroatoms. The molecule has 0 aliphatic carbocycles. The van der Waals surface area contributed by atoms with Crippen LogP contribution >= 0.6 is 7.82 Å². The number of likely N-dealkylation sites (N-methyl/N-ethyl adjacent to an activating group) is 1. The van der Waals surface area contributed by atoms with Gasteiger partial charge < -0.3 is 18.9 Å². The lowest BCUT2D eigenvalue weighted by Crippen LogP contribution is -2.37. The number of allylic oxidation sites excluding steroid dienone is 4. The van der Waals surface area contributed by atoms with Crippen molar-refractivity contribution in [1.29, 1.82) is 0 Å². The summed E-state index contributed by atoms with van der Waals surface area (Å²) in [6.07, 6.45) is 33.6. The van der Waals surface area contributed by atoms with Crippen LogP contribution in [0.1, 0.15) is 168 Å². The molecule has 0 aliphatic heterocycles. The smallest absolute Gasteiger partial charge is 0.462 e. The van der Waals surface area contributed by atoms with E-state index in [-0.39, 0.29) is 32.0 Å². The lowest BCUT2D eigenvalue weighted by atomic mass is 10.0. The number of quaternary nitrogens is 1. The highest BCUT2D eigenvalue weighted by Crippen LogP contribution is 2.43. The average molecular weight is 731 g/mol. The zero-order chi connectivity index (χ0) is 37.2. The van der Waals surface area contributed by atoms with E-state index in [1.165, 1.54) is 70.6 Å². The molecule has 2 atom stereocenters. The van der Waals surface area contributed by atoms with Gasteiger partial charge in [-0.05, 0) is 38.5 Å². The fourth-order valence-electron chi connectivity index (χ4n) is 5.29. The van der Waals surface area contributed by atoms with Crippen LogP contribution in [-0.4, -0.2) is 74.9 Å². The van der Waals surface area contributed by atoms with Crippen LogP contribution in [0.2, 0.25) is 0 Å². The van der Waals surface area contributed by atoms with Crippen LogP contribution in [0.4, 0.5) is 0 Å². The number of ether oxygens (including phenoxy) is 2. The monoisotopic (exact) mass is 731 g/mol. The van der Waals surface area contributed by atoms with Crippen molar-refractivity contribution in [3.8, 4) is 0 Å². The second-order valence-corrected chi connectivity index (χ2v) is 16.1. The molecule has 0 aromatic carbocycles. The molecular formula is C40H77NO8P+. The van der Waals surface area contributed by atoms with Gasteiger partial charge in [0.2, 0.25) is 0 Å². The second kappa shape index (κ2) is 33.3. The quantitative estimate of drug-likeness (QED) is 0.0223. The third-order valence-electron chi connectivity index (χ3n) is 8.47. The lowest BCUT2D eigenvalue weighted by Gasteiger charge is -2.24. The first-order valence-electron chi connectivity index (χ1n) is 20.1. The van der Waals surface area contributed by atoms with Crippen LogP contribution in [0.25, 0.3) is 0 Å². The molecule has 0 aromatic heterocycles. The maximum atomic E-state index is 12.6. The van der Waals surface area contributed by atoms with E-state index in [4.69, 9.17) is 18.5 Å². The molecule has 0 heterocycles. The van der Waals surface area contributed by atoms with Gasteiger partial charge in [0.1, 0.15) is 19.8 Å². The number of carbonyl (C=O) groups is 2. The summed E-state index contributed by atoms with van der Waals surface area (Å²) in [5, 5.41) is 0. The molecule has 1 N–H and O–H groups in total. The number of unbranched alkanes of at least 4 members (excludes halogenated alkanes) is 18. The van der Waals surface area contributed by atoms with Gasteiger partial charge in [0.15, 0.2) is 6.10 Å². The Balaban J connectivity index is 4.43. The number of carbonyl (C=O) groups excluding carboxylic acids is 2. The molecule has 0 saturated heterocycles. The predicted octanol–water partition coefficient (Wildman–Crippen LogP) is 10.8. The number of phosphoric acid groups is 1. The molecule has 0 spiro atoms. The molecule has 0 amide bonds. The first-order valence-corrected chi connectivity index (χ1v) is 21.6. The number of hydrogen-bond acceptors (Lipinski definition) is 7. The van der Waals surface area contributed by atoms with Crippen molar-refractivity contribution in [2.45, 2.75) is 174 Å². The minimum absolute atomic E-state index is 0.0303. The summed E-state index contributed by atoms with van der Waals surface area (Å²) < 4.78 is 34.2. The topological polar surface area (TPSA) is 108 Å². The van der Waals surface area contributed by atoms with E-state index in [1.54, 1.807) is 0 Å². The molecule has 0 aliphatic rings. The van der Waals surface area contributed by atoms with E-state index in [9.17, 15) is 19.0 Å². The summed E-state index contributed by atoms with van der Waals surface area (Å²) in [6.45, 7) is 4.33. The first kappa shape index (κ1) is 48.5. The number of esters is 2. The highest BCUT2D eigenvalue weighted by Gasteiger charge is 2.27. The predicted molar refractivity (Wildman–Crippen MR) is 206 cm³/mol. The van der Waals surface area contributed by atoms with Crippen molar-refractivity contribution >= 4 is 19.8 Å². The van der Waals surface area contributed by atoms with Gasteiger partial charge in [-0.15, -0.1) is 0 Å². The van der Waals surface area contributed by atoms with Gasteiger partial charge >= 0.3 is 19.8 Å². The highest BCUT2D eigenvalue weighted by atomic mass is 31.2. The summed E-state index contributed by atoms with van der Waals surface area (Å²) in [5.74, 6) is -0.813. The number of hydrogen-bond donors (Lipinski definition) is 1. The molecule has 0 bridgehead atoms. The summed E-state index contributed by atoms with van der Waals surface area (Å²) in [4.78, 5) is 35.2. The van der Waals surface area contributed by atoms with Gasteiger partial charge in [-0.25, -0.2) is 4.57 Å². The Morgan fingerprint density at radius 2 is 1.12 bits per heavy atom. The Bertz CT molecular complexity index is 918. The fourth-order valence-corrected chi connectivity index (χ4v) is 6.03. The molecule has 0 radical (unpaired) electrons. The van der Waals surface area contributed by atoms with Crippen molar-refractivity contribution < 1.29 is 42.1 Å². The third-order valence-corrected chi connectivity index (χ3v) is 9.45. The minimum atomic E-state index is -4.37. The van der Waals surface area contributed by atoms with Crippen molar-refractivity contribution in [3.63, 3.8) is 0 Å². The maximum Gasteiger partial charge on any atom is 0.472 e. The molecule has 0 rings (SSSR count). The summed E-state index contributed by atoms with van der Waals surface area (Å²) >= 11 is 0. The molecule has 0 aromatic rings. The standard InChI is InChI=1S/C40H76NO8P/c1-6-8-10-12-14-16-18-20-22-24-26-28-30-32-39(42)46-36-38(37-48-50(44,45)47-35-34-41(3,4)5)49-40(43)33-31-29-27-25-23-21-19-17-15-13-11-9-7-2/h11,13,17,19,38H,6-10,12,14-16,18,20-37H2,1-5H3/p+1/b13-11-,19-17-. The summed E-state index contributed by atoms with van der Waals surface area (Å²) in [7, 11) is 1.47.